The number of carbonyl (C=O) groups excluding carboxylic acids is 1. The summed E-state index contributed by atoms with van der Waals surface area (Å²) >= 11 is 3.28. The van der Waals surface area contributed by atoms with Gasteiger partial charge in [-0.05, 0) is 23.6 Å². The first-order chi connectivity index (χ1) is 6.77. The third-order valence-corrected chi connectivity index (χ3v) is 4.26. The highest BCUT2D eigenvalue weighted by molar-refractivity contribution is 7.99. The fraction of sp³-hybridized carbons (Fsp3) is 0.444. The van der Waals surface area contributed by atoms with Crippen LogP contribution < -0.4 is 11.1 Å². The number of amides is 1. The van der Waals surface area contributed by atoms with E-state index in [1.165, 1.54) is 11.3 Å². The first kappa shape index (κ1) is 9.86. The van der Waals surface area contributed by atoms with Gasteiger partial charge in [0.05, 0.1) is 5.69 Å². The van der Waals surface area contributed by atoms with Gasteiger partial charge < -0.3 is 11.1 Å². The van der Waals surface area contributed by atoms with Gasteiger partial charge in [0, 0.05) is 11.8 Å². The molecule has 0 saturated carbocycles. The number of thiophene rings is 1. The summed E-state index contributed by atoms with van der Waals surface area (Å²) in [5.74, 6) is 2.15. The van der Waals surface area contributed by atoms with Gasteiger partial charge >= 0.3 is 0 Å². The van der Waals surface area contributed by atoms with E-state index in [0.29, 0.717) is 16.6 Å². The molecule has 2 rings (SSSR count). The number of hydrogen-bond donors (Lipinski definition) is 2. The molecule has 1 atom stereocenters. The van der Waals surface area contributed by atoms with Gasteiger partial charge in [0.15, 0.2) is 0 Å². The van der Waals surface area contributed by atoms with Crippen LogP contribution in [0.2, 0.25) is 0 Å². The standard InChI is InChI=1S/C9H12N2OS2/c10-7-2-4-14-8(7)9(12)11-6-1-3-13-5-6/h2,4,6H,1,3,5,10H2,(H,11,12). The lowest BCUT2D eigenvalue weighted by Gasteiger charge is -2.10. The summed E-state index contributed by atoms with van der Waals surface area (Å²) in [6.07, 6.45) is 1.07. The van der Waals surface area contributed by atoms with E-state index in [0.717, 1.165) is 17.9 Å². The summed E-state index contributed by atoms with van der Waals surface area (Å²) in [6.45, 7) is 0. The molecule has 1 aromatic heterocycles. The van der Waals surface area contributed by atoms with E-state index in [1.807, 2.05) is 17.1 Å². The summed E-state index contributed by atoms with van der Waals surface area (Å²) in [4.78, 5) is 12.3. The van der Waals surface area contributed by atoms with Crippen LogP contribution in [-0.2, 0) is 0 Å². The van der Waals surface area contributed by atoms with Crippen LogP contribution in [0.15, 0.2) is 11.4 Å². The Labute approximate surface area is 91.1 Å². The molecule has 2 heterocycles. The smallest absolute Gasteiger partial charge is 0.263 e. The molecule has 14 heavy (non-hydrogen) atoms. The Kier molecular flexibility index (Phi) is 2.98. The predicted octanol–water partition coefficient (Wildman–Crippen LogP) is 1.57. The van der Waals surface area contributed by atoms with Gasteiger partial charge in [-0.1, -0.05) is 0 Å². The molecule has 76 valence electrons. The van der Waals surface area contributed by atoms with E-state index in [-0.39, 0.29) is 5.91 Å². The van der Waals surface area contributed by atoms with E-state index < -0.39 is 0 Å². The van der Waals surface area contributed by atoms with Crippen LogP contribution in [0.25, 0.3) is 0 Å². The van der Waals surface area contributed by atoms with Crippen molar-refractivity contribution in [2.45, 2.75) is 12.5 Å². The summed E-state index contributed by atoms with van der Waals surface area (Å²) in [5.41, 5.74) is 6.24. The average Bonchev–Trinajstić information content (AvgIpc) is 2.75. The summed E-state index contributed by atoms with van der Waals surface area (Å²) in [6, 6.07) is 2.09. The topological polar surface area (TPSA) is 55.1 Å². The van der Waals surface area contributed by atoms with Crippen LogP contribution in [0.1, 0.15) is 16.1 Å². The molecule has 0 bridgehead atoms. The molecule has 1 amide bonds. The highest BCUT2D eigenvalue weighted by Gasteiger charge is 2.19. The average molecular weight is 228 g/mol. The van der Waals surface area contributed by atoms with Crippen molar-refractivity contribution in [3.05, 3.63) is 16.3 Å². The van der Waals surface area contributed by atoms with Crippen molar-refractivity contribution in [1.29, 1.82) is 0 Å². The number of nitrogens with two attached hydrogens (primary N) is 1. The third kappa shape index (κ3) is 2.04. The molecule has 1 unspecified atom stereocenters. The molecule has 3 N–H and O–H groups in total. The highest BCUT2D eigenvalue weighted by atomic mass is 32.2. The number of hydrogen-bond acceptors (Lipinski definition) is 4. The Balaban J connectivity index is 1.98. The molecular formula is C9H12N2OS2. The lowest BCUT2D eigenvalue weighted by Crippen LogP contribution is -2.34. The van der Waals surface area contributed by atoms with Gasteiger partial charge in [-0.3, -0.25) is 4.79 Å². The second-order valence-corrected chi connectivity index (χ2v) is 5.30. The Morgan fingerprint density at radius 2 is 2.50 bits per heavy atom. The quantitative estimate of drug-likeness (QED) is 0.808. The minimum absolute atomic E-state index is 0.0231. The Morgan fingerprint density at radius 1 is 1.64 bits per heavy atom. The number of anilines is 1. The Bertz CT molecular complexity index is 331. The van der Waals surface area contributed by atoms with E-state index in [9.17, 15) is 4.79 Å². The van der Waals surface area contributed by atoms with Crippen molar-refractivity contribution in [2.24, 2.45) is 0 Å². The van der Waals surface area contributed by atoms with Crippen molar-refractivity contribution in [2.75, 3.05) is 17.2 Å². The number of thioether (sulfide) groups is 1. The van der Waals surface area contributed by atoms with Gasteiger partial charge in [-0.15, -0.1) is 11.3 Å². The Hall–Kier alpha value is -0.680. The zero-order valence-electron chi connectivity index (χ0n) is 7.66. The van der Waals surface area contributed by atoms with Crippen LogP contribution in [0.3, 0.4) is 0 Å². The maximum absolute atomic E-state index is 11.7. The van der Waals surface area contributed by atoms with E-state index in [1.54, 1.807) is 6.07 Å². The number of carbonyl (C=O) groups is 1. The molecule has 0 aromatic carbocycles. The zero-order valence-corrected chi connectivity index (χ0v) is 9.29. The largest absolute Gasteiger partial charge is 0.397 e. The molecule has 0 spiro atoms. The molecule has 0 radical (unpaired) electrons. The number of nitrogens with one attached hydrogen (secondary N) is 1. The lowest BCUT2D eigenvalue weighted by molar-refractivity contribution is 0.0946. The molecule has 5 heteroatoms. The number of rotatable bonds is 2. The SMILES string of the molecule is Nc1ccsc1C(=O)NC1CCSC1. The van der Waals surface area contributed by atoms with Crippen molar-refractivity contribution in [1.82, 2.24) is 5.32 Å². The first-order valence-corrected chi connectivity index (χ1v) is 6.52. The second-order valence-electron chi connectivity index (χ2n) is 3.24. The molecule has 1 aliphatic heterocycles. The summed E-state index contributed by atoms with van der Waals surface area (Å²) in [7, 11) is 0. The van der Waals surface area contributed by atoms with Crippen LogP contribution in [-0.4, -0.2) is 23.5 Å². The predicted molar refractivity (Wildman–Crippen MR) is 61.9 cm³/mol. The number of nitrogen functional groups attached to an aromatic ring is 1. The van der Waals surface area contributed by atoms with Crippen molar-refractivity contribution in [3.63, 3.8) is 0 Å². The molecule has 3 nitrogen and oxygen atoms in total. The third-order valence-electron chi connectivity index (χ3n) is 2.17. The van der Waals surface area contributed by atoms with Crippen LogP contribution in [0.4, 0.5) is 5.69 Å². The fourth-order valence-electron chi connectivity index (χ4n) is 1.40. The minimum Gasteiger partial charge on any atom is -0.397 e. The van der Waals surface area contributed by atoms with Gasteiger partial charge in [0.25, 0.3) is 5.91 Å². The van der Waals surface area contributed by atoms with Gasteiger partial charge in [-0.2, -0.15) is 11.8 Å². The van der Waals surface area contributed by atoms with Gasteiger partial charge in [0.1, 0.15) is 4.88 Å². The Morgan fingerprint density at radius 3 is 3.07 bits per heavy atom. The molecule has 0 aliphatic carbocycles. The van der Waals surface area contributed by atoms with Crippen LogP contribution >= 0.6 is 23.1 Å². The van der Waals surface area contributed by atoms with E-state index >= 15 is 0 Å². The molecular weight excluding hydrogens is 216 g/mol. The normalized spacial score (nSPS) is 21.0. The molecule has 1 aliphatic rings. The van der Waals surface area contributed by atoms with Crippen molar-refractivity contribution in [3.8, 4) is 0 Å². The first-order valence-electron chi connectivity index (χ1n) is 4.49. The fourth-order valence-corrected chi connectivity index (χ4v) is 3.28. The maximum atomic E-state index is 11.7. The molecule has 1 saturated heterocycles. The summed E-state index contributed by atoms with van der Waals surface area (Å²) in [5, 5.41) is 4.83. The minimum atomic E-state index is -0.0231. The van der Waals surface area contributed by atoms with Crippen molar-refractivity contribution >= 4 is 34.7 Å². The van der Waals surface area contributed by atoms with E-state index in [4.69, 9.17) is 5.73 Å². The lowest BCUT2D eigenvalue weighted by atomic mass is 10.2. The van der Waals surface area contributed by atoms with E-state index in [2.05, 4.69) is 5.32 Å². The zero-order chi connectivity index (χ0) is 9.97. The van der Waals surface area contributed by atoms with Gasteiger partial charge in [0.2, 0.25) is 0 Å². The van der Waals surface area contributed by atoms with Crippen LogP contribution in [0.5, 0.6) is 0 Å². The second kappa shape index (κ2) is 4.23. The molecule has 1 aromatic rings. The molecule has 1 fully saturated rings. The maximum Gasteiger partial charge on any atom is 0.263 e. The highest BCUT2D eigenvalue weighted by Crippen LogP contribution is 2.21. The van der Waals surface area contributed by atoms with Crippen molar-refractivity contribution < 1.29 is 4.79 Å². The monoisotopic (exact) mass is 228 g/mol. The summed E-state index contributed by atoms with van der Waals surface area (Å²) < 4.78 is 0. The van der Waals surface area contributed by atoms with Crippen LogP contribution in [0, 0.1) is 0 Å². The van der Waals surface area contributed by atoms with Gasteiger partial charge in [-0.25, -0.2) is 0 Å².